The molecule has 0 spiro atoms. The van der Waals surface area contributed by atoms with Gasteiger partial charge in [-0.3, -0.25) is 4.79 Å². The molecule has 0 radical (unpaired) electrons. The second kappa shape index (κ2) is 4.90. The molecule has 1 nitrogen and oxygen atoms in total. The SMILES string of the molecule is O=C(c1c(F)cc(F)cc1F)C1CCCCC1. The number of hydrogen-bond donors (Lipinski definition) is 0. The van der Waals surface area contributed by atoms with Crippen LogP contribution in [0.2, 0.25) is 0 Å². The first-order valence-electron chi connectivity index (χ1n) is 5.78. The molecule has 1 aliphatic carbocycles. The highest BCUT2D eigenvalue weighted by atomic mass is 19.1. The first kappa shape index (κ1) is 12.1. The van der Waals surface area contributed by atoms with Crippen molar-refractivity contribution >= 4 is 5.78 Å². The molecular formula is C13H13F3O. The van der Waals surface area contributed by atoms with Crippen molar-refractivity contribution in [1.82, 2.24) is 0 Å². The van der Waals surface area contributed by atoms with Gasteiger partial charge in [0, 0.05) is 18.1 Å². The summed E-state index contributed by atoms with van der Waals surface area (Å²) < 4.78 is 39.6. The van der Waals surface area contributed by atoms with E-state index in [1.807, 2.05) is 0 Å². The summed E-state index contributed by atoms with van der Waals surface area (Å²) in [4.78, 5) is 12.0. The Hall–Kier alpha value is -1.32. The van der Waals surface area contributed by atoms with E-state index in [1.165, 1.54) is 0 Å². The zero-order valence-electron chi connectivity index (χ0n) is 9.31. The molecule has 1 saturated carbocycles. The number of halogens is 3. The monoisotopic (exact) mass is 242 g/mol. The summed E-state index contributed by atoms with van der Waals surface area (Å²) in [5, 5.41) is 0. The fraction of sp³-hybridized carbons (Fsp3) is 0.462. The van der Waals surface area contributed by atoms with Crippen molar-refractivity contribution in [1.29, 1.82) is 0 Å². The molecule has 2 rings (SSSR count). The predicted molar refractivity (Wildman–Crippen MR) is 57.2 cm³/mol. The van der Waals surface area contributed by atoms with Gasteiger partial charge in [-0.15, -0.1) is 0 Å². The van der Waals surface area contributed by atoms with Crippen molar-refractivity contribution in [2.75, 3.05) is 0 Å². The van der Waals surface area contributed by atoms with Crippen molar-refractivity contribution in [2.24, 2.45) is 5.92 Å². The largest absolute Gasteiger partial charge is 0.294 e. The average Bonchev–Trinajstić information content (AvgIpc) is 2.28. The van der Waals surface area contributed by atoms with Crippen molar-refractivity contribution in [3.05, 3.63) is 35.1 Å². The van der Waals surface area contributed by atoms with E-state index in [1.54, 1.807) is 0 Å². The van der Waals surface area contributed by atoms with Gasteiger partial charge in [0.05, 0.1) is 5.56 Å². The summed E-state index contributed by atoms with van der Waals surface area (Å²) in [5.74, 6) is -4.05. The molecule has 1 aliphatic rings. The van der Waals surface area contributed by atoms with E-state index in [9.17, 15) is 18.0 Å². The maximum Gasteiger partial charge on any atom is 0.171 e. The van der Waals surface area contributed by atoms with Gasteiger partial charge < -0.3 is 0 Å². The molecule has 0 amide bonds. The Labute approximate surface area is 97.6 Å². The lowest BCUT2D eigenvalue weighted by Gasteiger charge is -2.20. The number of carbonyl (C=O) groups excluding carboxylic acids is 1. The van der Waals surface area contributed by atoms with Gasteiger partial charge in [0.25, 0.3) is 0 Å². The van der Waals surface area contributed by atoms with Crippen LogP contribution in [0.4, 0.5) is 13.2 Å². The van der Waals surface area contributed by atoms with Gasteiger partial charge >= 0.3 is 0 Å². The van der Waals surface area contributed by atoms with Crippen molar-refractivity contribution < 1.29 is 18.0 Å². The lowest BCUT2D eigenvalue weighted by molar-refractivity contribution is 0.0880. The molecule has 0 aliphatic heterocycles. The molecule has 0 saturated heterocycles. The Morgan fingerprint density at radius 3 is 2.06 bits per heavy atom. The van der Waals surface area contributed by atoms with Crippen LogP contribution in [0.3, 0.4) is 0 Å². The van der Waals surface area contributed by atoms with Gasteiger partial charge in [0.1, 0.15) is 17.5 Å². The summed E-state index contributed by atoms with van der Waals surface area (Å²) in [6.07, 6.45) is 4.18. The van der Waals surface area contributed by atoms with Crippen LogP contribution in [0.25, 0.3) is 0 Å². The van der Waals surface area contributed by atoms with Crippen molar-refractivity contribution in [3.8, 4) is 0 Å². The Kier molecular flexibility index (Phi) is 3.50. The van der Waals surface area contributed by atoms with Gasteiger partial charge in [-0.1, -0.05) is 19.3 Å². The van der Waals surface area contributed by atoms with E-state index < -0.39 is 28.8 Å². The highest BCUT2D eigenvalue weighted by Crippen LogP contribution is 2.28. The Bertz CT molecular complexity index is 413. The molecule has 4 heteroatoms. The first-order chi connectivity index (χ1) is 8.09. The molecule has 92 valence electrons. The first-order valence-corrected chi connectivity index (χ1v) is 5.78. The van der Waals surface area contributed by atoms with E-state index >= 15 is 0 Å². The lowest BCUT2D eigenvalue weighted by Crippen LogP contribution is -2.20. The quantitative estimate of drug-likeness (QED) is 0.719. The van der Waals surface area contributed by atoms with Crippen LogP contribution in [0.15, 0.2) is 12.1 Å². The molecule has 1 aromatic carbocycles. The summed E-state index contributed by atoms with van der Waals surface area (Å²) >= 11 is 0. The molecule has 0 unspecified atom stereocenters. The molecular weight excluding hydrogens is 229 g/mol. The third-order valence-corrected chi connectivity index (χ3v) is 3.23. The standard InChI is InChI=1S/C13H13F3O/c14-9-6-10(15)12(11(16)7-9)13(17)8-4-2-1-3-5-8/h6-8H,1-5H2. The van der Waals surface area contributed by atoms with E-state index in [2.05, 4.69) is 0 Å². The maximum absolute atomic E-state index is 13.4. The summed E-state index contributed by atoms with van der Waals surface area (Å²) in [6, 6.07) is 1.11. The number of benzene rings is 1. The minimum atomic E-state index is -1.10. The fourth-order valence-corrected chi connectivity index (χ4v) is 2.35. The van der Waals surface area contributed by atoms with E-state index in [4.69, 9.17) is 0 Å². The number of Topliss-reactive ketones (excluding diaryl/α,β-unsaturated/α-hetero) is 1. The molecule has 0 atom stereocenters. The molecule has 0 heterocycles. The van der Waals surface area contributed by atoms with E-state index in [-0.39, 0.29) is 5.92 Å². The molecule has 0 bridgehead atoms. The minimum absolute atomic E-state index is 0.321. The second-order valence-electron chi connectivity index (χ2n) is 4.44. The zero-order valence-corrected chi connectivity index (χ0v) is 9.31. The van der Waals surface area contributed by atoms with E-state index in [0.717, 1.165) is 19.3 Å². The normalized spacial score (nSPS) is 17.1. The lowest BCUT2D eigenvalue weighted by atomic mass is 9.83. The van der Waals surface area contributed by atoms with Crippen LogP contribution in [-0.4, -0.2) is 5.78 Å². The summed E-state index contributed by atoms with van der Waals surface area (Å²) in [5.41, 5.74) is -0.585. The third-order valence-electron chi connectivity index (χ3n) is 3.23. The van der Waals surface area contributed by atoms with Crippen LogP contribution in [-0.2, 0) is 0 Å². The third kappa shape index (κ3) is 2.51. The van der Waals surface area contributed by atoms with Crippen LogP contribution >= 0.6 is 0 Å². The molecule has 1 aromatic rings. The smallest absolute Gasteiger partial charge is 0.171 e. The number of carbonyl (C=O) groups is 1. The number of rotatable bonds is 2. The second-order valence-corrected chi connectivity index (χ2v) is 4.44. The topological polar surface area (TPSA) is 17.1 Å². The van der Waals surface area contributed by atoms with Gasteiger partial charge in [-0.2, -0.15) is 0 Å². The fourth-order valence-electron chi connectivity index (χ4n) is 2.35. The number of ketones is 1. The van der Waals surface area contributed by atoms with Crippen molar-refractivity contribution in [3.63, 3.8) is 0 Å². The van der Waals surface area contributed by atoms with Crippen LogP contribution < -0.4 is 0 Å². The molecule has 1 fully saturated rings. The Morgan fingerprint density at radius 2 is 1.53 bits per heavy atom. The number of hydrogen-bond acceptors (Lipinski definition) is 1. The Balaban J connectivity index is 2.30. The highest BCUT2D eigenvalue weighted by Gasteiger charge is 2.27. The highest BCUT2D eigenvalue weighted by molar-refractivity contribution is 5.98. The summed E-state index contributed by atoms with van der Waals surface area (Å²) in [6.45, 7) is 0. The minimum Gasteiger partial charge on any atom is -0.294 e. The van der Waals surface area contributed by atoms with E-state index in [0.29, 0.717) is 25.0 Å². The van der Waals surface area contributed by atoms with Crippen LogP contribution in [0.5, 0.6) is 0 Å². The maximum atomic E-state index is 13.4. The Morgan fingerprint density at radius 1 is 1.00 bits per heavy atom. The molecule has 17 heavy (non-hydrogen) atoms. The predicted octanol–water partition coefficient (Wildman–Crippen LogP) is 3.87. The van der Waals surface area contributed by atoms with Crippen LogP contribution in [0.1, 0.15) is 42.5 Å². The van der Waals surface area contributed by atoms with Crippen molar-refractivity contribution in [2.45, 2.75) is 32.1 Å². The molecule has 0 N–H and O–H groups in total. The van der Waals surface area contributed by atoms with Gasteiger partial charge in [0.2, 0.25) is 0 Å². The average molecular weight is 242 g/mol. The van der Waals surface area contributed by atoms with Crippen LogP contribution in [0, 0.1) is 23.4 Å². The molecule has 0 aromatic heterocycles. The zero-order chi connectivity index (χ0) is 12.4. The van der Waals surface area contributed by atoms with Gasteiger partial charge in [-0.25, -0.2) is 13.2 Å². The summed E-state index contributed by atoms with van der Waals surface area (Å²) in [7, 11) is 0. The van der Waals surface area contributed by atoms with Gasteiger partial charge in [-0.05, 0) is 12.8 Å². The van der Waals surface area contributed by atoms with Gasteiger partial charge in [0.15, 0.2) is 5.78 Å².